The molecule has 72 valence electrons. The van der Waals surface area contributed by atoms with Crippen LogP contribution >= 0.6 is 0 Å². The van der Waals surface area contributed by atoms with Crippen molar-refractivity contribution in [3.05, 3.63) is 48.4 Å². The molecule has 1 heterocycles. The third-order valence-corrected chi connectivity index (χ3v) is 2.24. The normalized spacial score (nSPS) is 13.0. The molecule has 0 aliphatic carbocycles. The number of hydrogen-bond acceptors (Lipinski definition) is 1. The first-order valence-electron chi connectivity index (χ1n) is 4.37. The van der Waals surface area contributed by atoms with Gasteiger partial charge in [-0.2, -0.15) is 0 Å². The lowest BCUT2D eigenvalue weighted by atomic mass is 10.2. The van der Waals surface area contributed by atoms with E-state index in [1.165, 1.54) is 6.07 Å². The third kappa shape index (κ3) is 1.32. The number of nitrogens with two attached hydrogens (primary N) is 1. The van der Waals surface area contributed by atoms with Gasteiger partial charge in [-0.05, 0) is 18.2 Å². The first kappa shape index (κ1) is 8.97. The number of hydrogen-bond donors (Lipinski definition) is 2. The molecule has 0 radical (unpaired) electrons. The van der Waals surface area contributed by atoms with Crippen LogP contribution in [0.3, 0.4) is 0 Å². The number of nitrogens with one attached hydrogen (secondary N) is 1. The molecule has 3 N–H and O–H groups in total. The molecule has 0 fully saturated rings. The molecule has 3 heteroatoms. The summed E-state index contributed by atoms with van der Waals surface area (Å²) in [6.07, 6.45) is 1.61. The summed E-state index contributed by atoms with van der Waals surface area (Å²) < 4.78 is 13.3. The summed E-state index contributed by atoms with van der Waals surface area (Å²) in [5.41, 5.74) is 7.28. The smallest absolute Gasteiger partial charge is 0.132 e. The van der Waals surface area contributed by atoms with Crippen LogP contribution in [0.15, 0.2) is 36.9 Å². The molecule has 0 saturated carbocycles. The molecule has 2 rings (SSSR count). The quantitative estimate of drug-likeness (QED) is 0.702. The molecule has 2 nitrogen and oxygen atoms in total. The Morgan fingerprint density at radius 1 is 1.50 bits per heavy atom. The van der Waals surface area contributed by atoms with Crippen LogP contribution in [0.4, 0.5) is 4.39 Å². The number of benzene rings is 1. The molecule has 0 spiro atoms. The number of fused-ring (bicyclic) bond motifs is 1. The Morgan fingerprint density at radius 3 is 2.93 bits per heavy atom. The van der Waals surface area contributed by atoms with Gasteiger partial charge in [-0.15, -0.1) is 6.58 Å². The number of H-pyrrole nitrogens is 1. The summed E-state index contributed by atoms with van der Waals surface area (Å²) in [6, 6.07) is 6.35. The standard InChI is InChI=1S/C11H11FN2/c1-2-9(13)11-6-7-8(12)4-3-5-10(7)14-11/h2-6,9,14H,1,13H2. The molecule has 1 unspecified atom stereocenters. The molecule has 1 atom stereocenters. The fourth-order valence-corrected chi connectivity index (χ4v) is 1.45. The van der Waals surface area contributed by atoms with Gasteiger partial charge in [0.1, 0.15) is 5.82 Å². The Kier molecular flexibility index (Phi) is 2.09. The molecule has 0 aliphatic rings. The Labute approximate surface area is 81.2 Å². The van der Waals surface area contributed by atoms with Crippen LogP contribution in [0.2, 0.25) is 0 Å². The minimum Gasteiger partial charge on any atom is -0.357 e. The van der Waals surface area contributed by atoms with Crippen molar-refractivity contribution >= 4 is 10.9 Å². The van der Waals surface area contributed by atoms with E-state index in [9.17, 15) is 4.39 Å². The fourth-order valence-electron chi connectivity index (χ4n) is 1.45. The Balaban J connectivity index is 2.62. The van der Waals surface area contributed by atoms with E-state index in [-0.39, 0.29) is 11.9 Å². The van der Waals surface area contributed by atoms with Gasteiger partial charge in [0.25, 0.3) is 0 Å². The average Bonchev–Trinajstić information content (AvgIpc) is 2.62. The van der Waals surface area contributed by atoms with Crippen LogP contribution in [0.25, 0.3) is 10.9 Å². The second-order valence-electron chi connectivity index (χ2n) is 3.19. The van der Waals surface area contributed by atoms with Gasteiger partial charge in [0.2, 0.25) is 0 Å². The van der Waals surface area contributed by atoms with E-state index in [2.05, 4.69) is 11.6 Å². The highest BCUT2D eigenvalue weighted by Gasteiger charge is 2.08. The average molecular weight is 190 g/mol. The van der Waals surface area contributed by atoms with Gasteiger partial charge in [0, 0.05) is 16.6 Å². The van der Waals surface area contributed by atoms with Crippen LogP contribution in [-0.2, 0) is 0 Å². The van der Waals surface area contributed by atoms with Gasteiger partial charge in [-0.25, -0.2) is 4.39 Å². The monoisotopic (exact) mass is 190 g/mol. The zero-order chi connectivity index (χ0) is 10.1. The third-order valence-electron chi connectivity index (χ3n) is 2.24. The lowest BCUT2D eigenvalue weighted by Crippen LogP contribution is -2.06. The second kappa shape index (κ2) is 3.27. The Hall–Kier alpha value is -1.61. The molecule has 0 amide bonds. The minimum absolute atomic E-state index is 0.235. The van der Waals surface area contributed by atoms with Crippen molar-refractivity contribution in [2.45, 2.75) is 6.04 Å². The predicted octanol–water partition coefficient (Wildman–Crippen LogP) is 2.49. The van der Waals surface area contributed by atoms with Crippen LogP contribution in [0.5, 0.6) is 0 Å². The van der Waals surface area contributed by atoms with Crippen molar-refractivity contribution in [2.75, 3.05) is 0 Å². The van der Waals surface area contributed by atoms with E-state index in [0.717, 1.165) is 11.2 Å². The second-order valence-corrected chi connectivity index (χ2v) is 3.19. The van der Waals surface area contributed by atoms with Crippen LogP contribution in [0, 0.1) is 5.82 Å². The number of aromatic amines is 1. The van der Waals surface area contributed by atoms with Crippen molar-refractivity contribution in [1.29, 1.82) is 0 Å². The first-order chi connectivity index (χ1) is 6.72. The summed E-state index contributed by atoms with van der Waals surface area (Å²) in [5.74, 6) is -0.235. The van der Waals surface area contributed by atoms with Gasteiger partial charge < -0.3 is 10.7 Å². The zero-order valence-electron chi connectivity index (χ0n) is 7.63. The van der Waals surface area contributed by atoms with Crippen molar-refractivity contribution in [3.63, 3.8) is 0 Å². The molecule has 0 aliphatic heterocycles. The lowest BCUT2D eigenvalue weighted by Gasteiger charge is -2.00. The zero-order valence-corrected chi connectivity index (χ0v) is 7.63. The van der Waals surface area contributed by atoms with Gasteiger partial charge in [-0.1, -0.05) is 12.1 Å². The van der Waals surface area contributed by atoms with Crippen molar-refractivity contribution in [3.8, 4) is 0 Å². The van der Waals surface area contributed by atoms with Crippen LogP contribution in [0.1, 0.15) is 11.7 Å². The largest absolute Gasteiger partial charge is 0.357 e. The van der Waals surface area contributed by atoms with Crippen molar-refractivity contribution in [2.24, 2.45) is 5.73 Å². The topological polar surface area (TPSA) is 41.8 Å². The van der Waals surface area contributed by atoms with Crippen molar-refractivity contribution in [1.82, 2.24) is 4.98 Å². The maximum absolute atomic E-state index is 13.3. The molecule has 0 saturated heterocycles. The summed E-state index contributed by atoms with van der Waals surface area (Å²) in [5, 5.41) is 0.569. The van der Waals surface area contributed by atoms with Crippen LogP contribution < -0.4 is 5.73 Å². The number of halogens is 1. The van der Waals surface area contributed by atoms with Gasteiger partial charge in [0.05, 0.1) is 6.04 Å². The Morgan fingerprint density at radius 2 is 2.29 bits per heavy atom. The van der Waals surface area contributed by atoms with Crippen molar-refractivity contribution < 1.29 is 4.39 Å². The number of rotatable bonds is 2. The number of aromatic nitrogens is 1. The van der Waals surface area contributed by atoms with E-state index in [0.29, 0.717) is 5.39 Å². The molecule has 14 heavy (non-hydrogen) atoms. The highest BCUT2D eigenvalue weighted by molar-refractivity contribution is 5.81. The molecule has 2 aromatic rings. The van der Waals surface area contributed by atoms with Crippen LogP contribution in [-0.4, -0.2) is 4.98 Å². The highest BCUT2D eigenvalue weighted by Crippen LogP contribution is 2.21. The van der Waals surface area contributed by atoms with E-state index < -0.39 is 0 Å². The first-order valence-corrected chi connectivity index (χ1v) is 4.37. The van der Waals surface area contributed by atoms with E-state index in [4.69, 9.17) is 5.73 Å². The van der Waals surface area contributed by atoms with E-state index in [1.54, 1.807) is 18.2 Å². The lowest BCUT2D eigenvalue weighted by molar-refractivity contribution is 0.640. The molecule has 0 bridgehead atoms. The maximum atomic E-state index is 13.3. The highest BCUT2D eigenvalue weighted by atomic mass is 19.1. The minimum atomic E-state index is -0.276. The molecule has 1 aromatic heterocycles. The predicted molar refractivity (Wildman–Crippen MR) is 55.4 cm³/mol. The van der Waals surface area contributed by atoms with E-state index >= 15 is 0 Å². The van der Waals surface area contributed by atoms with Gasteiger partial charge >= 0.3 is 0 Å². The molecular weight excluding hydrogens is 179 g/mol. The summed E-state index contributed by atoms with van der Waals surface area (Å²) >= 11 is 0. The van der Waals surface area contributed by atoms with Gasteiger partial charge in [-0.3, -0.25) is 0 Å². The SMILES string of the molecule is C=CC(N)c1cc2c(F)cccc2[nH]1. The molecule has 1 aromatic carbocycles. The maximum Gasteiger partial charge on any atom is 0.132 e. The fraction of sp³-hybridized carbons (Fsp3) is 0.0909. The summed E-state index contributed by atoms with van der Waals surface area (Å²) in [6.45, 7) is 3.59. The summed E-state index contributed by atoms with van der Waals surface area (Å²) in [4.78, 5) is 3.05. The Bertz CT molecular complexity index is 473. The summed E-state index contributed by atoms with van der Waals surface area (Å²) in [7, 11) is 0. The molecular formula is C11H11FN2. The van der Waals surface area contributed by atoms with E-state index in [1.807, 2.05) is 6.07 Å². The van der Waals surface area contributed by atoms with Gasteiger partial charge in [0.15, 0.2) is 0 Å².